The zero-order valence-electron chi connectivity index (χ0n) is 9.18. The van der Waals surface area contributed by atoms with E-state index in [1.165, 1.54) is 0 Å². The number of hydrogen-bond acceptors (Lipinski definition) is 7. The molecular formula is C8H7N5O5S. The largest absolute Gasteiger partial charge is 0.375 e. The third kappa shape index (κ3) is 2.78. The van der Waals surface area contributed by atoms with E-state index < -0.39 is 37.8 Å². The van der Waals surface area contributed by atoms with Crippen LogP contribution < -0.4 is 11.6 Å². The molecule has 0 spiro atoms. The maximum Gasteiger partial charge on any atom is 0.289 e. The number of benzene rings is 1. The van der Waals surface area contributed by atoms with Crippen molar-refractivity contribution in [1.29, 1.82) is 0 Å². The molecule has 0 aliphatic rings. The Morgan fingerprint density at radius 3 is 1.95 bits per heavy atom. The number of amides is 1. The second kappa shape index (κ2) is 5.32. The Kier molecular flexibility index (Phi) is 4.04. The van der Waals surface area contributed by atoms with Crippen molar-refractivity contribution in [3.63, 3.8) is 0 Å². The van der Waals surface area contributed by atoms with Gasteiger partial charge < -0.3 is 5.73 Å². The molecule has 0 saturated carbocycles. The average Bonchev–Trinajstić information content (AvgIpc) is 2.35. The highest BCUT2D eigenvalue weighted by Crippen LogP contribution is 2.28. The summed E-state index contributed by atoms with van der Waals surface area (Å²) in [6.45, 7) is 0. The van der Waals surface area contributed by atoms with Crippen molar-refractivity contribution in [3.8, 4) is 0 Å². The monoisotopic (exact) mass is 285 g/mol. The van der Waals surface area contributed by atoms with Crippen LogP contribution in [0.3, 0.4) is 0 Å². The highest BCUT2D eigenvalue weighted by atomic mass is 32.1. The number of nitrogens with zero attached hydrogens (tertiary/aromatic N) is 3. The standard InChI is InChI=1S/C8H7N5O5S/c9-8(19)11(10)7(14)6-4(12(15)16)2-1-3-5(6)13(17)18/h1-3H,10H2,(H2,9,19). The fourth-order valence-electron chi connectivity index (χ4n) is 1.27. The van der Waals surface area contributed by atoms with Gasteiger partial charge in [0.05, 0.1) is 9.85 Å². The van der Waals surface area contributed by atoms with Gasteiger partial charge in [-0.2, -0.15) is 0 Å². The zero-order chi connectivity index (χ0) is 14.7. The highest BCUT2D eigenvalue weighted by molar-refractivity contribution is 7.80. The number of carbonyl (C=O) groups excluding carboxylic acids is 1. The second-order valence-electron chi connectivity index (χ2n) is 3.20. The van der Waals surface area contributed by atoms with Crippen molar-refractivity contribution in [2.24, 2.45) is 11.6 Å². The lowest BCUT2D eigenvalue weighted by atomic mass is 10.1. The number of hydrogen-bond donors (Lipinski definition) is 2. The summed E-state index contributed by atoms with van der Waals surface area (Å²) in [7, 11) is 0. The number of nitro groups is 2. The van der Waals surface area contributed by atoms with Crippen molar-refractivity contribution < 1.29 is 14.6 Å². The Morgan fingerprint density at radius 2 is 1.63 bits per heavy atom. The number of hydrazine groups is 1. The molecule has 0 aliphatic heterocycles. The van der Waals surface area contributed by atoms with E-state index in [0.29, 0.717) is 0 Å². The fraction of sp³-hybridized carbons (Fsp3) is 0. The first kappa shape index (κ1) is 14.4. The summed E-state index contributed by atoms with van der Waals surface area (Å²) in [5.41, 5.74) is 2.80. The first-order valence-electron chi connectivity index (χ1n) is 4.57. The minimum Gasteiger partial charge on any atom is -0.375 e. The third-order valence-corrected chi connectivity index (χ3v) is 2.28. The Bertz CT molecular complexity index is 557. The molecule has 0 bridgehead atoms. The van der Waals surface area contributed by atoms with Crippen LogP contribution in [0.5, 0.6) is 0 Å². The predicted octanol–water partition coefficient (Wildman–Crippen LogP) is 0.0625. The van der Waals surface area contributed by atoms with Crippen LogP contribution in [0.1, 0.15) is 10.4 Å². The van der Waals surface area contributed by atoms with Crippen LogP contribution in [0.15, 0.2) is 18.2 Å². The SMILES string of the molecule is NC(=S)N(N)C(=O)c1c([N+](=O)[O-])cccc1[N+](=O)[O-]. The second-order valence-corrected chi connectivity index (χ2v) is 3.62. The minimum atomic E-state index is -1.23. The average molecular weight is 285 g/mol. The molecule has 1 rings (SSSR count). The zero-order valence-corrected chi connectivity index (χ0v) is 9.99. The van der Waals surface area contributed by atoms with Crippen LogP contribution in [0.4, 0.5) is 11.4 Å². The smallest absolute Gasteiger partial charge is 0.289 e. The topological polar surface area (TPSA) is 159 Å². The molecule has 0 aromatic heterocycles. The first-order chi connectivity index (χ1) is 8.77. The molecule has 0 unspecified atom stereocenters. The maximum atomic E-state index is 11.9. The lowest BCUT2D eigenvalue weighted by Gasteiger charge is -2.13. The van der Waals surface area contributed by atoms with Gasteiger partial charge in [-0.1, -0.05) is 0 Å². The van der Waals surface area contributed by atoms with Crippen LogP contribution in [-0.4, -0.2) is 25.9 Å². The van der Waals surface area contributed by atoms with Gasteiger partial charge >= 0.3 is 0 Å². The molecule has 1 aromatic carbocycles. The van der Waals surface area contributed by atoms with E-state index in [0.717, 1.165) is 18.2 Å². The summed E-state index contributed by atoms with van der Waals surface area (Å²) in [4.78, 5) is 31.6. The van der Waals surface area contributed by atoms with Crippen LogP contribution in [-0.2, 0) is 0 Å². The molecule has 19 heavy (non-hydrogen) atoms. The molecule has 0 heterocycles. The molecule has 0 fully saturated rings. The Labute approximate surface area is 110 Å². The van der Waals surface area contributed by atoms with Crippen LogP contribution in [0.2, 0.25) is 0 Å². The van der Waals surface area contributed by atoms with Gasteiger partial charge in [0.25, 0.3) is 17.3 Å². The number of nitro benzene ring substituents is 2. The predicted molar refractivity (Wildman–Crippen MR) is 66.9 cm³/mol. The Morgan fingerprint density at radius 1 is 1.21 bits per heavy atom. The van der Waals surface area contributed by atoms with Crippen molar-refractivity contribution in [2.45, 2.75) is 0 Å². The summed E-state index contributed by atoms with van der Waals surface area (Å²) in [5, 5.41) is 21.3. The number of thiocarbonyl (C=S) groups is 1. The van der Waals surface area contributed by atoms with Gasteiger partial charge in [-0.3, -0.25) is 25.0 Å². The van der Waals surface area contributed by atoms with Crippen molar-refractivity contribution >= 4 is 34.6 Å². The lowest BCUT2D eigenvalue weighted by molar-refractivity contribution is -0.394. The molecule has 4 N–H and O–H groups in total. The summed E-state index contributed by atoms with van der Waals surface area (Å²) >= 11 is 4.43. The van der Waals surface area contributed by atoms with Crippen molar-refractivity contribution in [3.05, 3.63) is 44.0 Å². The molecule has 1 aromatic rings. The summed E-state index contributed by atoms with van der Waals surface area (Å²) in [6.07, 6.45) is 0. The highest BCUT2D eigenvalue weighted by Gasteiger charge is 2.33. The lowest BCUT2D eigenvalue weighted by Crippen LogP contribution is -2.46. The molecular weight excluding hydrogens is 278 g/mol. The fourth-order valence-corrected chi connectivity index (χ4v) is 1.36. The van der Waals surface area contributed by atoms with E-state index in [1.807, 2.05) is 0 Å². The Balaban J connectivity index is 3.54. The molecule has 0 atom stereocenters. The van der Waals surface area contributed by atoms with Gasteiger partial charge in [0.15, 0.2) is 10.7 Å². The van der Waals surface area contributed by atoms with E-state index in [4.69, 9.17) is 11.6 Å². The van der Waals surface area contributed by atoms with E-state index in [9.17, 15) is 25.0 Å². The van der Waals surface area contributed by atoms with Crippen molar-refractivity contribution in [1.82, 2.24) is 5.01 Å². The third-order valence-electron chi connectivity index (χ3n) is 2.08. The number of carbonyl (C=O) groups is 1. The van der Waals surface area contributed by atoms with Gasteiger partial charge in [-0.15, -0.1) is 0 Å². The molecule has 0 aliphatic carbocycles. The van der Waals surface area contributed by atoms with Gasteiger partial charge in [-0.05, 0) is 18.3 Å². The van der Waals surface area contributed by atoms with Crippen LogP contribution in [0, 0.1) is 20.2 Å². The summed E-state index contributed by atoms with van der Waals surface area (Å²) in [6, 6.07) is 2.95. The van der Waals surface area contributed by atoms with Gasteiger partial charge in [0.1, 0.15) is 0 Å². The van der Waals surface area contributed by atoms with Crippen LogP contribution in [0.25, 0.3) is 0 Å². The summed E-state index contributed by atoms with van der Waals surface area (Å²) < 4.78 is 0. The minimum absolute atomic E-state index is 0.227. The first-order valence-corrected chi connectivity index (χ1v) is 4.98. The summed E-state index contributed by atoms with van der Waals surface area (Å²) in [5.74, 6) is 3.97. The number of nitrogens with two attached hydrogens (primary N) is 2. The van der Waals surface area contributed by atoms with E-state index >= 15 is 0 Å². The molecule has 11 heteroatoms. The van der Waals surface area contributed by atoms with E-state index in [1.54, 1.807) is 0 Å². The van der Waals surface area contributed by atoms with E-state index in [-0.39, 0.29) is 5.01 Å². The molecule has 10 nitrogen and oxygen atoms in total. The maximum absolute atomic E-state index is 11.9. The quantitative estimate of drug-likeness (QED) is 0.259. The van der Waals surface area contributed by atoms with Gasteiger partial charge in [-0.25, -0.2) is 10.9 Å². The molecule has 0 saturated heterocycles. The molecule has 1 amide bonds. The molecule has 100 valence electrons. The van der Waals surface area contributed by atoms with Gasteiger partial charge in [0, 0.05) is 12.1 Å². The number of rotatable bonds is 3. The molecule has 0 radical (unpaired) electrons. The van der Waals surface area contributed by atoms with E-state index in [2.05, 4.69) is 12.2 Å². The Hall–Kier alpha value is -2.66. The van der Waals surface area contributed by atoms with Crippen LogP contribution >= 0.6 is 12.2 Å². The van der Waals surface area contributed by atoms with Crippen molar-refractivity contribution in [2.75, 3.05) is 0 Å². The van der Waals surface area contributed by atoms with Gasteiger partial charge in [0.2, 0.25) is 0 Å². The normalized spacial score (nSPS) is 9.74.